The second-order valence-electron chi connectivity index (χ2n) is 3.28. The first-order chi connectivity index (χ1) is 7.10. The molecular weight excluding hydrogens is 235 g/mol. The van der Waals surface area contributed by atoms with Crippen molar-refractivity contribution in [2.45, 2.75) is 31.6 Å². The summed E-state index contributed by atoms with van der Waals surface area (Å²) in [5.41, 5.74) is 0.758. The van der Waals surface area contributed by atoms with Crippen LogP contribution in [0.5, 0.6) is 6.01 Å². The van der Waals surface area contributed by atoms with Crippen LogP contribution in [0.4, 0.5) is 0 Å². The van der Waals surface area contributed by atoms with E-state index < -0.39 is 0 Å². The number of rotatable bonds is 4. The van der Waals surface area contributed by atoms with Gasteiger partial charge in [-0.25, -0.2) is 4.98 Å². The number of aromatic nitrogens is 2. The van der Waals surface area contributed by atoms with E-state index in [1.54, 1.807) is 6.20 Å². The zero-order chi connectivity index (χ0) is 11.4. The molecule has 0 aliphatic rings. The molecule has 0 aliphatic heterocycles. The first-order valence-corrected chi connectivity index (χ1v) is 5.62. The largest absolute Gasteiger partial charge is 0.467 e. The van der Waals surface area contributed by atoms with Crippen LogP contribution < -0.4 is 4.74 Å². The van der Waals surface area contributed by atoms with Gasteiger partial charge in [-0.05, 0) is 13.3 Å². The van der Waals surface area contributed by atoms with Crippen molar-refractivity contribution in [3.05, 3.63) is 16.9 Å². The molecule has 3 nitrogen and oxygen atoms in total. The smallest absolute Gasteiger partial charge is 0.316 e. The molecule has 0 N–H and O–H groups in total. The highest BCUT2D eigenvalue weighted by molar-refractivity contribution is 6.31. The molecule has 0 aromatic carbocycles. The van der Waals surface area contributed by atoms with Gasteiger partial charge in [-0.3, -0.25) is 0 Å². The molecule has 0 saturated heterocycles. The molecule has 0 bridgehead atoms. The molecule has 1 aromatic heterocycles. The predicted molar refractivity (Wildman–Crippen MR) is 61.9 cm³/mol. The van der Waals surface area contributed by atoms with Gasteiger partial charge in [0.15, 0.2) is 0 Å². The SMILES string of the molecule is CCC(c1nc(OC)ncc1Cl)C(C)Cl. The fourth-order valence-corrected chi connectivity index (χ4v) is 1.99. The molecule has 0 fully saturated rings. The average Bonchev–Trinajstić information content (AvgIpc) is 2.21. The summed E-state index contributed by atoms with van der Waals surface area (Å²) in [6.07, 6.45) is 2.43. The van der Waals surface area contributed by atoms with Crippen LogP contribution in [0.2, 0.25) is 5.02 Å². The van der Waals surface area contributed by atoms with E-state index in [4.69, 9.17) is 27.9 Å². The number of methoxy groups -OCH3 is 1. The minimum absolute atomic E-state index is 0.0212. The van der Waals surface area contributed by atoms with Crippen LogP contribution in [0.25, 0.3) is 0 Å². The third-order valence-corrected chi connectivity index (χ3v) is 2.87. The number of alkyl halides is 1. The lowest BCUT2D eigenvalue weighted by atomic mass is 9.99. The molecule has 0 aliphatic carbocycles. The maximum absolute atomic E-state index is 6.09. The highest BCUT2D eigenvalue weighted by Gasteiger charge is 2.20. The summed E-state index contributed by atoms with van der Waals surface area (Å²) in [5, 5.41) is 0.516. The maximum atomic E-state index is 6.09. The van der Waals surface area contributed by atoms with Crippen LogP contribution in [0, 0.1) is 0 Å². The molecule has 0 radical (unpaired) electrons. The van der Waals surface area contributed by atoms with Gasteiger partial charge in [0.25, 0.3) is 0 Å². The van der Waals surface area contributed by atoms with Gasteiger partial charge in [0.2, 0.25) is 0 Å². The van der Waals surface area contributed by atoms with E-state index in [0.29, 0.717) is 11.0 Å². The lowest BCUT2D eigenvalue weighted by Gasteiger charge is -2.17. The summed E-state index contributed by atoms with van der Waals surface area (Å²) in [7, 11) is 1.53. The molecule has 1 heterocycles. The Morgan fingerprint density at radius 1 is 1.53 bits per heavy atom. The van der Waals surface area contributed by atoms with Gasteiger partial charge >= 0.3 is 6.01 Å². The molecule has 84 valence electrons. The highest BCUT2D eigenvalue weighted by Crippen LogP contribution is 2.31. The van der Waals surface area contributed by atoms with Crippen molar-refractivity contribution in [3.63, 3.8) is 0 Å². The lowest BCUT2D eigenvalue weighted by molar-refractivity contribution is 0.376. The average molecular weight is 249 g/mol. The molecule has 1 aromatic rings. The van der Waals surface area contributed by atoms with Crippen LogP contribution in [0.15, 0.2) is 6.20 Å². The van der Waals surface area contributed by atoms with E-state index in [2.05, 4.69) is 16.9 Å². The van der Waals surface area contributed by atoms with Crippen LogP contribution >= 0.6 is 23.2 Å². The van der Waals surface area contributed by atoms with E-state index >= 15 is 0 Å². The van der Waals surface area contributed by atoms with Crippen molar-refractivity contribution in [3.8, 4) is 6.01 Å². The summed E-state index contributed by atoms with van der Waals surface area (Å²) in [4.78, 5) is 8.16. The summed E-state index contributed by atoms with van der Waals surface area (Å²) in [6, 6.07) is 0.324. The minimum atomic E-state index is -0.0212. The molecule has 1 rings (SSSR count). The summed E-state index contributed by atoms with van der Waals surface area (Å²) in [6.45, 7) is 3.98. The predicted octanol–water partition coefficient (Wildman–Crippen LogP) is 3.26. The molecular formula is C10H14Cl2N2O. The summed E-state index contributed by atoms with van der Waals surface area (Å²) >= 11 is 12.1. The van der Waals surface area contributed by atoms with Gasteiger partial charge in [-0.1, -0.05) is 18.5 Å². The fraction of sp³-hybridized carbons (Fsp3) is 0.600. The van der Waals surface area contributed by atoms with Gasteiger partial charge in [0.05, 0.1) is 24.0 Å². The molecule has 0 spiro atoms. The topological polar surface area (TPSA) is 35.0 Å². The monoisotopic (exact) mass is 248 g/mol. The van der Waals surface area contributed by atoms with E-state index in [9.17, 15) is 0 Å². The van der Waals surface area contributed by atoms with Crippen molar-refractivity contribution < 1.29 is 4.74 Å². The van der Waals surface area contributed by atoms with Crippen molar-refractivity contribution in [2.24, 2.45) is 0 Å². The zero-order valence-electron chi connectivity index (χ0n) is 9.00. The molecule has 0 saturated carbocycles. The first-order valence-electron chi connectivity index (χ1n) is 4.80. The van der Waals surface area contributed by atoms with Gasteiger partial charge < -0.3 is 4.74 Å². The Hall–Kier alpha value is -0.540. The number of hydrogen-bond donors (Lipinski definition) is 0. The molecule has 2 atom stereocenters. The maximum Gasteiger partial charge on any atom is 0.316 e. The van der Waals surface area contributed by atoms with E-state index in [1.165, 1.54) is 7.11 Å². The van der Waals surface area contributed by atoms with E-state index in [1.807, 2.05) is 6.92 Å². The number of ether oxygens (including phenoxy) is 1. The van der Waals surface area contributed by atoms with Gasteiger partial charge in [-0.15, -0.1) is 11.6 Å². The number of hydrogen-bond acceptors (Lipinski definition) is 3. The normalized spacial score (nSPS) is 14.7. The Balaban J connectivity index is 3.09. The Morgan fingerprint density at radius 3 is 2.67 bits per heavy atom. The summed E-state index contributed by atoms with van der Waals surface area (Å²) < 4.78 is 4.96. The van der Waals surface area contributed by atoms with Crippen molar-refractivity contribution >= 4 is 23.2 Å². The van der Waals surface area contributed by atoms with Crippen LogP contribution in [-0.4, -0.2) is 22.5 Å². The molecule has 2 unspecified atom stereocenters. The molecule has 0 amide bonds. The van der Waals surface area contributed by atoms with Crippen molar-refractivity contribution in [2.75, 3.05) is 7.11 Å². The third-order valence-electron chi connectivity index (χ3n) is 2.28. The van der Waals surface area contributed by atoms with Gasteiger partial charge in [0, 0.05) is 11.3 Å². The lowest BCUT2D eigenvalue weighted by Crippen LogP contribution is -2.12. The van der Waals surface area contributed by atoms with Crippen molar-refractivity contribution in [1.29, 1.82) is 0 Å². The zero-order valence-corrected chi connectivity index (χ0v) is 10.5. The molecule has 15 heavy (non-hydrogen) atoms. The standard InChI is InChI=1S/C10H14Cl2N2O/c1-4-7(6(2)11)9-8(12)5-13-10(14-9)15-3/h5-7H,4H2,1-3H3. The van der Waals surface area contributed by atoms with Crippen LogP contribution in [-0.2, 0) is 0 Å². The van der Waals surface area contributed by atoms with Gasteiger partial charge in [0.1, 0.15) is 0 Å². The summed E-state index contributed by atoms with van der Waals surface area (Å²) in [5.74, 6) is 0.121. The van der Waals surface area contributed by atoms with E-state index in [-0.39, 0.29) is 11.3 Å². The quantitative estimate of drug-likeness (QED) is 0.768. The Kier molecular flexibility index (Phi) is 4.61. The minimum Gasteiger partial charge on any atom is -0.467 e. The van der Waals surface area contributed by atoms with Gasteiger partial charge in [-0.2, -0.15) is 4.98 Å². The second kappa shape index (κ2) is 5.52. The Morgan fingerprint density at radius 2 is 2.20 bits per heavy atom. The first kappa shape index (κ1) is 12.5. The highest BCUT2D eigenvalue weighted by atomic mass is 35.5. The van der Waals surface area contributed by atoms with Crippen LogP contribution in [0.3, 0.4) is 0 Å². The van der Waals surface area contributed by atoms with Crippen LogP contribution in [0.1, 0.15) is 31.9 Å². The number of nitrogens with zero attached hydrogens (tertiary/aromatic N) is 2. The number of halogens is 2. The molecule has 5 heteroatoms. The van der Waals surface area contributed by atoms with E-state index in [0.717, 1.165) is 12.1 Å². The van der Waals surface area contributed by atoms with Crippen molar-refractivity contribution in [1.82, 2.24) is 9.97 Å². The second-order valence-corrected chi connectivity index (χ2v) is 4.38. The Bertz CT molecular complexity index is 331. The Labute approximate surface area is 99.8 Å². The third kappa shape index (κ3) is 2.95. The fourth-order valence-electron chi connectivity index (χ4n) is 1.46.